The highest BCUT2D eigenvalue weighted by Crippen LogP contribution is 2.41. The molecule has 7 nitrogen and oxygen atoms in total. The van der Waals surface area contributed by atoms with Crippen LogP contribution in [0.15, 0.2) is 61.1 Å². The minimum Gasteiger partial charge on any atom is -0.507 e. The summed E-state index contributed by atoms with van der Waals surface area (Å²) >= 11 is 6.49. The van der Waals surface area contributed by atoms with Gasteiger partial charge in [0.1, 0.15) is 17.4 Å². The molecule has 38 heavy (non-hydrogen) atoms. The average Bonchev–Trinajstić information content (AvgIpc) is 2.92. The van der Waals surface area contributed by atoms with E-state index < -0.39 is 5.82 Å². The number of hydrogen-bond donors (Lipinski definition) is 1. The van der Waals surface area contributed by atoms with E-state index in [9.17, 15) is 14.3 Å². The number of carbonyl (C=O) groups excluding carboxylic acids is 1. The van der Waals surface area contributed by atoms with Gasteiger partial charge in [0, 0.05) is 56.9 Å². The Bertz CT molecular complexity index is 1280. The normalized spacial score (nSPS) is 15.1. The molecule has 1 unspecified atom stereocenters. The summed E-state index contributed by atoms with van der Waals surface area (Å²) in [5.41, 5.74) is 2.25. The first-order chi connectivity index (χ1) is 18.3. The fourth-order valence-electron chi connectivity index (χ4n) is 4.09. The minimum absolute atomic E-state index is 0.0764. The van der Waals surface area contributed by atoms with Crippen LogP contribution in [0.1, 0.15) is 20.8 Å². The fourth-order valence-corrected chi connectivity index (χ4v) is 4.36. The summed E-state index contributed by atoms with van der Waals surface area (Å²) in [6, 6.07) is 11.1. The molecular formula is C29H34ClFN4O3. The van der Waals surface area contributed by atoms with Gasteiger partial charge in [-0.3, -0.25) is 9.69 Å². The Morgan fingerprint density at radius 1 is 1.11 bits per heavy atom. The van der Waals surface area contributed by atoms with E-state index in [4.69, 9.17) is 16.3 Å². The molecule has 1 N–H and O–H groups in total. The highest BCUT2D eigenvalue weighted by Gasteiger charge is 2.20. The van der Waals surface area contributed by atoms with Crippen LogP contribution in [0, 0.1) is 5.82 Å². The summed E-state index contributed by atoms with van der Waals surface area (Å²) in [6.45, 7) is 8.01. The molecule has 1 aliphatic rings. The van der Waals surface area contributed by atoms with E-state index in [0.717, 1.165) is 5.82 Å². The molecule has 2 heterocycles. The standard InChI is InChI=1S/C27H28ClFN4O3.C2H6/c1-18-16-32(10-11-36-18)26-13-20(6-7-30-26)23-15-21(29)14-22(27(23)35)19-4-5-25(24(28)12-19)33(17-34)9-8-31(2)3;1-2/h4-9,12-15,17-18,35H,10-11,16H2,1-3H3;1-2H3/b9-8-;. The number of morpholine rings is 1. The van der Waals surface area contributed by atoms with Gasteiger partial charge in [-0.2, -0.15) is 0 Å². The monoisotopic (exact) mass is 540 g/mol. The zero-order valence-corrected chi connectivity index (χ0v) is 23.1. The van der Waals surface area contributed by atoms with Crippen molar-refractivity contribution in [3.63, 3.8) is 0 Å². The number of ether oxygens (including phenoxy) is 1. The van der Waals surface area contributed by atoms with Crippen molar-refractivity contribution in [2.45, 2.75) is 26.9 Å². The first-order valence-electron chi connectivity index (χ1n) is 12.5. The number of phenolic OH excluding ortho intramolecular Hbond substituents is 1. The predicted molar refractivity (Wildman–Crippen MR) is 152 cm³/mol. The Labute approximate surface area is 228 Å². The van der Waals surface area contributed by atoms with Crippen LogP contribution in [-0.2, 0) is 9.53 Å². The van der Waals surface area contributed by atoms with Crippen molar-refractivity contribution in [3.05, 3.63) is 71.9 Å². The molecule has 202 valence electrons. The molecule has 1 fully saturated rings. The molecule has 0 radical (unpaired) electrons. The number of amides is 1. The third-order valence-electron chi connectivity index (χ3n) is 5.87. The van der Waals surface area contributed by atoms with Crippen molar-refractivity contribution in [3.8, 4) is 28.0 Å². The first-order valence-corrected chi connectivity index (χ1v) is 12.9. The molecule has 4 rings (SSSR count). The Morgan fingerprint density at radius 2 is 1.79 bits per heavy atom. The molecule has 2 aromatic carbocycles. The number of rotatable bonds is 7. The second-order valence-electron chi connectivity index (χ2n) is 8.82. The first kappa shape index (κ1) is 28.9. The number of benzene rings is 2. The van der Waals surface area contributed by atoms with Crippen molar-refractivity contribution in [2.24, 2.45) is 0 Å². The van der Waals surface area contributed by atoms with E-state index in [1.54, 1.807) is 47.8 Å². The zero-order chi connectivity index (χ0) is 27.8. The number of phenols is 1. The lowest BCUT2D eigenvalue weighted by molar-refractivity contribution is -0.106. The topological polar surface area (TPSA) is 69.1 Å². The molecule has 1 saturated heterocycles. The van der Waals surface area contributed by atoms with Crippen LogP contribution in [0.25, 0.3) is 22.3 Å². The van der Waals surface area contributed by atoms with E-state index in [0.29, 0.717) is 54.0 Å². The smallest absolute Gasteiger partial charge is 0.218 e. The summed E-state index contributed by atoms with van der Waals surface area (Å²) < 4.78 is 20.4. The van der Waals surface area contributed by atoms with E-state index in [2.05, 4.69) is 9.88 Å². The molecule has 1 aromatic heterocycles. The number of anilines is 2. The fraction of sp³-hybridized carbons (Fsp3) is 0.310. The van der Waals surface area contributed by atoms with E-state index in [-0.39, 0.29) is 16.9 Å². The lowest BCUT2D eigenvalue weighted by Crippen LogP contribution is -2.41. The van der Waals surface area contributed by atoms with E-state index >= 15 is 0 Å². The van der Waals surface area contributed by atoms with Crippen molar-refractivity contribution in [1.29, 1.82) is 0 Å². The zero-order valence-electron chi connectivity index (χ0n) is 22.4. The maximum atomic E-state index is 14.8. The highest BCUT2D eigenvalue weighted by molar-refractivity contribution is 6.34. The van der Waals surface area contributed by atoms with Gasteiger partial charge in [-0.15, -0.1) is 0 Å². The largest absolute Gasteiger partial charge is 0.507 e. The summed E-state index contributed by atoms with van der Waals surface area (Å²) in [4.78, 5) is 21.3. The molecule has 0 aliphatic carbocycles. The molecule has 1 atom stereocenters. The van der Waals surface area contributed by atoms with Crippen LogP contribution in [0.4, 0.5) is 15.9 Å². The third kappa shape index (κ3) is 6.82. The Kier molecular flexibility index (Phi) is 10.1. The van der Waals surface area contributed by atoms with Gasteiger partial charge in [-0.1, -0.05) is 31.5 Å². The van der Waals surface area contributed by atoms with Gasteiger partial charge in [0.2, 0.25) is 6.41 Å². The molecule has 0 bridgehead atoms. The molecule has 1 amide bonds. The highest BCUT2D eigenvalue weighted by atomic mass is 35.5. The van der Waals surface area contributed by atoms with Crippen LogP contribution in [-0.4, -0.2) is 61.3 Å². The van der Waals surface area contributed by atoms with Gasteiger partial charge in [0.05, 0.1) is 23.4 Å². The number of aromatic nitrogens is 1. The van der Waals surface area contributed by atoms with E-state index in [1.807, 2.05) is 40.9 Å². The Hall–Kier alpha value is -3.62. The van der Waals surface area contributed by atoms with Gasteiger partial charge in [-0.05, 0) is 54.4 Å². The minimum atomic E-state index is -0.500. The van der Waals surface area contributed by atoms with Crippen LogP contribution in [0.5, 0.6) is 5.75 Å². The predicted octanol–water partition coefficient (Wildman–Crippen LogP) is 6.16. The Balaban J connectivity index is 0.00000195. The lowest BCUT2D eigenvalue weighted by atomic mass is 9.97. The second-order valence-corrected chi connectivity index (χ2v) is 9.23. The van der Waals surface area contributed by atoms with Crippen molar-refractivity contribution in [2.75, 3.05) is 43.6 Å². The van der Waals surface area contributed by atoms with Crippen molar-refractivity contribution < 1.29 is 19.0 Å². The SMILES string of the molecule is CC.CC1CN(c2cc(-c3cc(F)cc(-c4ccc(N(C=O)/C=C\N(C)C)c(Cl)c4)c3O)ccn2)CCO1. The number of hydrogen-bond acceptors (Lipinski definition) is 6. The molecular weight excluding hydrogens is 507 g/mol. The van der Waals surface area contributed by atoms with Gasteiger partial charge < -0.3 is 19.6 Å². The number of aromatic hydroxyl groups is 1. The van der Waals surface area contributed by atoms with Crippen molar-refractivity contribution in [1.82, 2.24) is 9.88 Å². The average molecular weight is 541 g/mol. The van der Waals surface area contributed by atoms with Gasteiger partial charge in [0.25, 0.3) is 0 Å². The molecule has 1 aliphatic heterocycles. The number of halogens is 2. The van der Waals surface area contributed by atoms with Gasteiger partial charge >= 0.3 is 0 Å². The van der Waals surface area contributed by atoms with Crippen LogP contribution >= 0.6 is 11.6 Å². The number of pyridine rings is 1. The van der Waals surface area contributed by atoms with Gasteiger partial charge in [-0.25, -0.2) is 9.37 Å². The molecule has 3 aromatic rings. The second kappa shape index (κ2) is 13.3. The van der Waals surface area contributed by atoms with Gasteiger partial charge in [0.15, 0.2) is 0 Å². The quantitative estimate of drug-likeness (QED) is 0.362. The maximum Gasteiger partial charge on any atom is 0.218 e. The van der Waals surface area contributed by atoms with Crippen LogP contribution in [0.3, 0.4) is 0 Å². The third-order valence-corrected chi connectivity index (χ3v) is 6.17. The summed E-state index contributed by atoms with van der Waals surface area (Å²) in [5, 5.41) is 11.5. The van der Waals surface area contributed by atoms with Crippen LogP contribution < -0.4 is 9.80 Å². The molecule has 0 spiro atoms. The van der Waals surface area contributed by atoms with Crippen LogP contribution in [0.2, 0.25) is 5.02 Å². The lowest BCUT2D eigenvalue weighted by Gasteiger charge is -2.32. The summed E-state index contributed by atoms with van der Waals surface area (Å²) in [5.74, 6) is 0.159. The number of nitrogens with zero attached hydrogens (tertiary/aromatic N) is 4. The summed E-state index contributed by atoms with van der Waals surface area (Å²) in [6.07, 6.45) is 5.68. The molecule has 0 saturated carbocycles. The van der Waals surface area contributed by atoms with E-state index in [1.165, 1.54) is 17.0 Å². The summed E-state index contributed by atoms with van der Waals surface area (Å²) in [7, 11) is 3.67. The molecule has 9 heteroatoms. The maximum absolute atomic E-state index is 14.8. The van der Waals surface area contributed by atoms with Crippen molar-refractivity contribution >= 4 is 29.5 Å². The Morgan fingerprint density at radius 3 is 2.39 bits per heavy atom. The number of carbonyl (C=O) groups is 1.